The third-order valence-electron chi connectivity index (χ3n) is 1.69. The van der Waals surface area contributed by atoms with Crippen LogP contribution in [0.15, 0.2) is 17.5 Å². The van der Waals surface area contributed by atoms with Gasteiger partial charge in [0.15, 0.2) is 0 Å². The molecule has 0 spiro atoms. The van der Waals surface area contributed by atoms with E-state index in [1.807, 2.05) is 0 Å². The van der Waals surface area contributed by atoms with Crippen LogP contribution in [0.25, 0.3) is 0 Å². The Bertz CT molecular complexity index is 303. The zero-order valence-electron chi connectivity index (χ0n) is 7.44. The second-order valence-electron chi connectivity index (χ2n) is 2.55. The molecule has 4 heteroatoms. The Labute approximate surface area is 80.3 Å². The molecule has 0 aliphatic heterocycles. The molecule has 1 atom stereocenters. The minimum absolute atomic E-state index is 0.467. The average molecular weight is 198 g/mol. The summed E-state index contributed by atoms with van der Waals surface area (Å²) in [6.45, 7) is 1.56. The highest BCUT2D eigenvalue weighted by molar-refractivity contribution is 7.13. The van der Waals surface area contributed by atoms with E-state index >= 15 is 0 Å². The van der Waals surface area contributed by atoms with Crippen molar-refractivity contribution in [2.24, 2.45) is 0 Å². The topological polar surface area (TPSA) is 43.4 Å². The molecule has 0 saturated carbocycles. The van der Waals surface area contributed by atoms with Crippen molar-refractivity contribution >= 4 is 22.9 Å². The van der Waals surface area contributed by atoms with Crippen molar-refractivity contribution in [2.75, 3.05) is 7.11 Å². The number of hydrogen-bond acceptors (Lipinski definition) is 4. The maximum Gasteiger partial charge on any atom is 0.241 e. The minimum Gasteiger partial charge on any atom is -0.373 e. The molecule has 0 amide bonds. The number of thiophene rings is 1. The number of hydrogen-bond donors (Lipinski definition) is 0. The first-order valence-corrected chi connectivity index (χ1v) is 4.69. The second kappa shape index (κ2) is 4.30. The monoisotopic (exact) mass is 198 g/mol. The lowest BCUT2D eigenvalue weighted by Gasteiger charge is -2.05. The summed E-state index contributed by atoms with van der Waals surface area (Å²) in [7, 11) is 1.41. The summed E-state index contributed by atoms with van der Waals surface area (Å²) in [5.74, 6) is -0.964. The van der Waals surface area contributed by atoms with Gasteiger partial charge in [-0.05, 0) is 18.4 Å². The summed E-state index contributed by atoms with van der Waals surface area (Å²) in [6, 6.07) is 3.37. The van der Waals surface area contributed by atoms with Crippen molar-refractivity contribution in [1.82, 2.24) is 0 Å². The van der Waals surface area contributed by atoms with Gasteiger partial charge in [0, 0.05) is 7.11 Å². The summed E-state index contributed by atoms with van der Waals surface area (Å²) >= 11 is 1.26. The molecule has 3 nitrogen and oxygen atoms in total. The molecule has 0 radical (unpaired) electrons. The van der Waals surface area contributed by atoms with Gasteiger partial charge >= 0.3 is 0 Å². The summed E-state index contributed by atoms with van der Waals surface area (Å²) in [4.78, 5) is 23.2. The first kappa shape index (κ1) is 10.1. The predicted octanol–water partition coefficient (Wildman–Crippen LogP) is 1.53. The van der Waals surface area contributed by atoms with Crippen molar-refractivity contribution in [3.8, 4) is 0 Å². The van der Waals surface area contributed by atoms with E-state index in [1.54, 1.807) is 24.4 Å². The molecular weight excluding hydrogens is 188 g/mol. The van der Waals surface area contributed by atoms with Gasteiger partial charge in [-0.25, -0.2) is 0 Å². The van der Waals surface area contributed by atoms with Gasteiger partial charge in [-0.3, -0.25) is 9.59 Å². The third-order valence-corrected chi connectivity index (χ3v) is 2.56. The minimum atomic E-state index is -0.658. The molecule has 0 aliphatic rings. The standard InChI is InChI=1S/C9H10O3S/c1-6(12-2)8(10)9(11)7-4-3-5-13-7/h3-6H,1-2H3. The van der Waals surface area contributed by atoms with E-state index in [4.69, 9.17) is 4.74 Å². The molecule has 1 aromatic rings. The van der Waals surface area contributed by atoms with Gasteiger partial charge in [0.1, 0.15) is 6.10 Å². The van der Waals surface area contributed by atoms with E-state index in [0.29, 0.717) is 4.88 Å². The maximum absolute atomic E-state index is 11.4. The molecule has 1 unspecified atom stereocenters. The maximum atomic E-state index is 11.4. The molecule has 0 fully saturated rings. The zero-order valence-corrected chi connectivity index (χ0v) is 8.26. The number of methoxy groups -OCH3 is 1. The Morgan fingerprint density at radius 2 is 2.23 bits per heavy atom. The van der Waals surface area contributed by atoms with Crippen molar-refractivity contribution in [3.63, 3.8) is 0 Å². The van der Waals surface area contributed by atoms with Gasteiger partial charge in [0.25, 0.3) is 0 Å². The van der Waals surface area contributed by atoms with Crippen LogP contribution >= 0.6 is 11.3 Å². The molecule has 1 aromatic heterocycles. The molecule has 1 heterocycles. The summed E-state index contributed by atoms with van der Waals surface area (Å²) in [5.41, 5.74) is 0. The SMILES string of the molecule is COC(C)C(=O)C(=O)c1cccs1. The van der Waals surface area contributed by atoms with Gasteiger partial charge < -0.3 is 4.74 Å². The number of ketones is 2. The Hall–Kier alpha value is -1.000. The van der Waals surface area contributed by atoms with Crippen LogP contribution in [-0.2, 0) is 9.53 Å². The molecule has 0 aliphatic carbocycles. The van der Waals surface area contributed by atoms with Gasteiger partial charge in [0.05, 0.1) is 4.88 Å². The average Bonchev–Trinajstić information content (AvgIpc) is 2.67. The van der Waals surface area contributed by atoms with Gasteiger partial charge in [0.2, 0.25) is 11.6 Å². The molecular formula is C9H10O3S. The van der Waals surface area contributed by atoms with Crippen molar-refractivity contribution in [3.05, 3.63) is 22.4 Å². The number of carbonyl (C=O) groups excluding carboxylic acids is 2. The van der Waals surface area contributed by atoms with Gasteiger partial charge in [-0.15, -0.1) is 11.3 Å². The predicted molar refractivity (Wildman–Crippen MR) is 50.1 cm³/mol. The van der Waals surface area contributed by atoms with Crippen LogP contribution in [-0.4, -0.2) is 24.8 Å². The Balaban J connectivity index is 2.75. The number of rotatable bonds is 4. The molecule has 70 valence electrons. The zero-order chi connectivity index (χ0) is 9.84. The van der Waals surface area contributed by atoms with Crippen LogP contribution in [0.1, 0.15) is 16.6 Å². The number of ether oxygens (including phenoxy) is 1. The van der Waals surface area contributed by atoms with E-state index in [2.05, 4.69) is 0 Å². The number of carbonyl (C=O) groups is 2. The van der Waals surface area contributed by atoms with E-state index in [-0.39, 0.29) is 0 Å². The van der Waals surface area contributed by atoms with Crippen molar-refractivity contribution in [2.45, 2.75) is 13.0 Å². The summed E-state index contributed by atoms with van der Waals surface area (Å²) in [5, 5.41) is 1.76. The fraction of sp³-hybridized carbons (Fsp3) is 0.333. The molecule has 0 bridgehead atoms. The van der Waals surface area contributed by atoms with E-state index in [0.717, 1.165) is 0 Å². The largest absolute Gasteiger partial charge is 0.373 e. The highest BCUT2D eigenvalue weighted by atomic mass is 32.1. The van der Waals surface area contributed by atoms with Crippen LogP contribution < -0.4 is 0 Å². The lowest BCUT2D eigenvalue weighted by molar-refractivity contribution is -0.123. The van der Waals surface area contributed by atoms with Crippen molar-refractivity contribution < 1.29 is 14.3 Å². The molecule has 1 rings (SSSR count). The Morgan fingerprint density at radius 1 is 1.54 bits per heavy atom. The lowest BCUT2D eigenvalue weighted by Crippen LogP contribution is -2.26. The highest BCUT2D eigenvalue weighted by Crippen LogP contribution is 2.11. The van der Waals surface area contributed by atoms with Gasteiger partial charge in [-0.1, -0.05) is 6.07 Å². The van der Waals surface area contributed by atoms with Gasteiger partial charge in [-0.2, -0.15) is 0 Å². The fourth-order valence-corrected chi connectivity index (χ4v) is 1.49. The lowest BCUT2D eigenvalue weighted by atomic mass is 10.1. The van der Waals surface area contributed by atoms with Crippen molar-refractivity contribution in [1.29, 1.82) is 0 Å². The summed E-state index contributed by atoms with van der Waals surface area (Å²) in [6.07, 6.45) is -0.658. The smallest absolute Gasteiger partial charge is 0.241 e. The van der Waals surface area contributed by atoms with Crippen LogP contribution in [0.3, 0.4) is 0 Å². The molecule has 0 N–H and O–H groups in total. The molecule has 13 heavy (non-hydrogen) atoms. The van der Waals surface area contributed by atoms with Crippen LogP contribution in [0, 0.1) is 0 Å². The van der Waals surface area contributed by atoms with E-state index < -0.39 is 17.7 Å². The molecule has 0 aromatic carbocycles. The highest BCUT2D eigenvalue weighted by Gasteiger charge is 2.22. The van der Waals surface area contributed by atoms with Crippen LogP contribution in [0.2, 0.25) is 0 Å². The first-order chi connectivity index (χ1) is 6.16. The normalized spacial score (nSPS) is 12.5. The summed E-state index contributed by atoms with van der Waals surface area (Å²) < 4.78 is 4.77. The van der Waals surface area contributed by atoms with Crippen LogP contribution in [0.4, 0.5) is 0 Å². The van der Waals surface area contributed by atoms with E-state index in [1.165, 1.54) is 18.4 Å². The second-order valence-corrected chi connectivity index (χ2v) is 3.50. The third kappa shape index (κ3) is 2.23. The quantitative estimate of drug-likeness (QED) is 0.544. The Kier molecular flexibility index (Phi) is 3.33. The number of Topliss-reactive ketones (excluding diaryl/α,β-unsaturated/α-hetero) is 2. The first-order valence-electron chi connectivity index (χ1n) is 3.81. The van der Waals surface area contributed by atoms with Crippen LogP contribution in [0.5, 0.6) is 0 Å². The Morgan fingerprint density at radius 3 is 2.69 bits per heavy atom. The molecule has 0 saturated heterocycles. The van der Waals surface area contributed by atoms with E-state index in [9.17, 15) is 9.59 Å². The fourth-order valence-electron chi connectivity index (χ4n) is 0.821.